The van der Waals surface area contributed by atoms with Crippen LogP contribution in [-0.4, -0.2) is 67.5 Å². The lowest BCUT2D eigenvalue weighted by molar-refractivity contribution is -0.388. The lowest BCUT2D eigenvalue weighted by atomic mass is 10.2. The van der Waals surface area contributed by atoms with Gasteiger partial charge in [-0.15, -0.1) is 0 Å². The van der Waals surface area contributed by atoms with E-state index >= 15 is 0 Å². The number of ether oxygens (including phenoxy) is 1. The van der Waals surface area contributed by atoms with Crippen molar-refractivity contribution in [2.75, 3.05) is 7.11 Å². The van der Waals surface area contributed by atoms with Crippen molar-refractivity contribution in [1.82, 2.24) is 0 Å². The van der Waals surface area contributed by atoms with Crippen LogP contribution in [0.2, 0.25) is 5.02 Å². The number of aryl methyl sites for hydroxylation is 2. The van der Waals surface area contributed by atoms with Crippen molar-refractivity contribution < 1.29 is 90.2 Å². The molecule has 0 amide bonds. The van der Waals surface area contributed by atoms with Crippen LogP contribution in [0, 0.1) is 34.1 Å². The number of nitro groups is 2. The zero-order valence-electron chi connectivity index (χ0n) is 39.0. The molecule has 0 aromatic heterocycles. The highest BCUT2D eigenvalue weighted by molar-refractivity contribution is 7.88. The summed E-state index contributed by atoms with van der Waals surface area (Å²) in [5.41, 5.74) is -2.03. The van der Waals surface area contributed by atoms with Crippen molar-refractivity contribution in [3.63, 3.8) is 0 Å². The number of halogens is 1. The van der Waals surface area contributed by atoms with E-state index in [9.17, 15) is 70.7 Å². The SMILES string of the molecule is COc1ccc(S(=O)(=O)Oc2c(Cl)c(OS(=O)(=O)c3ccc([N+](=O)[O-])cc3)c(OS(=O)(=O)c3ccccc3C)c(OS(=O)(=O)c3ccc(C)cc3)c2OS(=O)(=O)c2cccc(OS(=O)(=O)c3ccccc3)c2[N+](=O)[O-])cc1. The number of para-hydroxylation sites is 1. The van der Waals surface area contributed by atoms with Crippen LogP contribution in [0.25, 0.3) is 0 Å². The lowest BCUT2D eigenvalue weighted by Gasteiger charge is -2.23. The summed E-state index contributed by atoms with van der Waals surface area (Å²) in [4.78, 5) is 16.2. The number of non-ortho nitro benzene ring substituents is 1. The maximum Gasteiger partial charge on any atom is 0.346 e. The molecule has 25 nitrogen and oxygen atoms in total. The fraction of sp³-hybridized carbons (Fsp3) is 0.0667. The van der Waals surface area contributed by atoms with Crippen LogP contribution in [0.3, 0.4) is 0 Å². The Morgan fingerprint density at radius 2 is 0.792 bits per heavy atom. The number of nitrogens with zero attached hydrogens (tertiary/aromatic N) is 2. The molecular formula is C45H33ClN2O23S6. The van der Waals surface area contributed by atoms with E-state index in [0.29, 0.717) is 48.0 Å². The Bertz CT molecular complexity index is 4190. The monoisotopic (exact) mass is 1200 g/mol. The number of nitro benzene ring substituents is 2. The molecule has 0 unspecified atom stereocenters. The van der Waals surface area contributed by atoms with E-state index in [-0.39, 0.29) is 11.3 Å². The highest BCUT2D eigenvalue weighted by atomic mass is 35.5. The molecule has 0 heterocycles. The first-order valence-electron chi connectivity index (χ1n) is 20.9. The third-order valence-corrected chi connectivity index (χ3v) is 18.1. The van der Waals surface area contributed by atoms with Gasteiger partial charge in [0.15, 0.2) is 4.90 Å². The van der Waals surface area contributed by atoms with Gasteiger partial charge in [-0.05, 0) is 98.3 Å². The first kappa shape index (κ1) is 56.7. The van der Waals surface area contributed by atoms with Crippen molar-refractivity contribution in [1.29, 1.82) is 0 Å². The summed E-state index contributed by atoms with van der Waals surface area (Å²) in [5.74, 6) is -10.7. The van der Waals surface area contributed by atoms with Crippen LogP contribution >= 0.6 is 11.6 Å². The van der Waals surface area contributed by atoms with Gasteiger partial charge in [0.05, 0.1) is 17.0 Å². The molecule has 0 spiro atoms. The Hall–Kier alpha value is -8.07. The van der Waals surface area contributed by atoms with Crippen molar-refractivity contribution >= 4 is 83.7 Å². The Morgan fingerprint density at radius 1 is 0.403 bits per heavy atom. The van der Waals surface area contributed by atoms with Gasteiger partial charge >= 0.3 is 66.4 Å². The zero-order chi connectivity index (χ0) is 56.5. The molecule has 0 saturated heterocycles. The molecule has 0 fully saturated rings. The Kier molecular flexibility index (Phi) is 15.8. The zero-order valence-corrected chi connectivity index (χ0v) is 44.6. The second-order valence-corrected chi connectivity index (χ2v) is 25.0. The van der Waals surface area contributed by atoms with E-state index in [1.54, 1.807) is 0 Å². The second kappa shape index (κ2) is 21.5. The molecule has 0 aliphatic rings. The molecule has 404 valence electrons. The second-order valence-electron chi connectivity index (χ2n) is 15.4. The summed E-state index contributed by atoms with van der Waals surface area (Å²) in [6.07, 6.45) is 0. The number of hydrogen-bond acceptors (Lipinski definition) is 23. The van der Waals surface area contributed by atoms with Gasteiger partial charge in [-0.2, -0.15) is 50.5 Å². The van der Waals surface area contributed by atoms with Gasteiger partial charge in [0, 0.05) is 12.1 Å². The molecule has 77 heavy (non-hydrogen) atoms. The van der Waals surface area contributed by atoms with Gasteiger partial charge in [-0.25, -0.2) is 0 Å². The van der Waals surface area contributed by atoms with Gasteiger partial charge < -0.3 is 29.8 Å². The average Bonchev–Trinajstić information content (AvgIpc) is 3.38. The first-order valence-corrected chi connectivity index (χ1v) is 29.7. The van der Waals surface area contributed by atoms with E-state index in [1.165, 1.54) is 69.5 Å². The summed E-state index contributed by atoms with van der Waals surface area (Å²) < 4.78 is 208. The van der Waals surface area contributed by atoms with Gasteiger partial charge in [-0.1, -0.05) is 71.8 Å². The summed E-state index contributed by atoms with van der Waals surface area (Å²) in [6.45, 7) is 2.75. The van der Waals surface area contributed by atoms with Crippen LogP contribution in [0.4, 0.5) is 11.4 Å². The molecule has 0 saturated carbocycles. The number of hydrogen-bond donors (Lipinski definition) is 0. The summed E-state index contributed by atoms with van der Waals surface area (Å²) >= 11 is 6.78. The first-order chi connectivity index (χ1) is 36.0. The van der Waals surface area contributed by atoms with Crippen molar-refractivity contribution in [3.8, 4) is 40.2 Å². The minimum atomic E-state index is -6.23. The summed E-state index contributed by atoms with van der Waals surface area (Å²) in [6, 6.07) is 23.1. The Morgan fingerprint density at radius 3 is 1.27 bits per heavy atom. The predicted molar refractivity (Wildman–Crippen MR) is 266 cm³/mol. The highest BCUT2D eigenvalue weighted by Crippen LogP contribution is 2.59. The fourth-order valence-electron chi connectivity index (χ4n) is 6.49. The van der Waals surface area contributed by atoms with Crippen LogP contribution < -0.4 is 29.8 Å². The minimum Gasteiger partial charge on any atom is -0.497 e. The van der Waals surface area contributed by atoms with Crippen LogP contribution in [0.5, 0.6) is 40.2 Å². The molecule has 0 N–H and O–H groups in total. The van der Waals surface area contributed by atoms with Crippen LogP contribution in [0.15, 0.2) is 175 Å². The smallest absolute Gasteiger partial charge is 0.346 e. The average molecular weight is 1200 g/mol. The quantitative estimate of drug-likeness (QED) is 0.0384. The number of rotatable bonds is 21. The molecule has 7 rings (SSSR count). The fourth-order valence-corrected chi connectivity index (χ4v) is 12.9. The third-order valence-electron chi connectivity index (χ3n) is 10.2. The van der Waals surface area contributed by atoms with E-state index in [0.717, 1.165) is 54.6 Å². The van der Waals surface area contributed by atoms with Gasteiger partial charge in [0.2, 0.25) is 34.5 Å². The van der Waals surface area contributed by atoms with Gasteiger partial charge in [0.25, 0.3) is 5.69 Å². The van der Waals surface area contributed by atoms with E-state index in [4.69, 9.17) is 41.4 Å². The van der Waals surface area contributed by atoms with Crippen LogP contribution in [0.1, 0.15) is 11.1 Å². The third kappa shape index (κ3) is 12.3. The van der Waals surface area contributed by atoms with E-state index in [1.807, 2.05) is 0 Å². The predicted octanol–water partition coefficient (Wildman–Crippen LogP) is 7.39. The Balaban J connectivity index is 1.61. The molecule has 0 atom stereocenters. The molecule has 0 bridgehead atoms. The van der Waals surface area contributed by atoms with Crippen molar-refractivity contribution in [2.45, 2.75) is 43.2 Å². The number of benzene rings is 7. The standard InChI is InChI=1S/C45H33ClN2O23S6/c1-28-16-22-33(23-17-28)75(59,60)69-45-43(70-76(61,62)37-14-8-7-10-29(37)2)41(67-73(55,56)34-24-18-30(19-25-34)47(49)50)39(46)42(68-74(57,58)35-26-20-31(65-3)21-27-35)44(45)71-77(63,64)38-15-9-13-36(40(38)48(51)52)66-72(53,54)32-11-5-4-6-12-32/h4-27H,1-3H3. The molecule has 0 aliphatic heterocycles. The maximum absolute atomic E-state index is 14.8. The largest absolute Gasteiger partial charge is 0.497 e. The molecule has 32 heteroatoms. The summed E-state index contributed by atoms with van der Waals surface area (Å²) in [5, 5.41) is 22.6. The van der Waals surface area contributed by atoms with Crippen molar-refractivity contribution in [3.05, 3.63) is 182 Å². The highest BCUT2D eigenvalue weighted by Gasteiger charge is 2.43. The molecule has 7 aromatic carbocycles. The number of methoxy groups -OCH3 is 1. The van der Waals surface area contributed by atoms with E-state index < -0.39 is 151 Å². The van der Waals surface area contributed by atoms with Gasteiger partial charge in [0.1, 0.15) is 35.2 Å². The molecular weight excluding hydrogens is 1160 g/mol. The molecule has 0 radical (unpaired) electrons. The summed E-state index contributed by atoms with van der Waals surface area (Å²) in [7, 11) is -32.4. The van der Waals surface area contributed by atoms with E-state index in [2.05, 4.69) is 0 Å². The Labute approximate surface area is 443 Å². The molecule has 0 aliphatic carbocycles. The normalized spacial score (nSPS) is 12.2. The topological polar surface area (TPSA) is 356 Å². The molecule has 7 aromatic rings. The van der Waals surface area contributed by atoms with Crippen LogP contribution in [-0.2, 0) is 60.7 Å². The maximum atomic E-state index is 14.8. The minimum absolute atomic E-state index is 0.0574. The van der Waals surface area contributed by atoms with Crippen molar-refractivity contribution in [2.24, 2.45) is 0 Å². The lowest BCUT2D eigenvalue weighted by Crippen LogP contribution is -2.20. The van der Waals surface area contributed by atoms with Gasteiger partial charge in [-0.3, -0.25) is 20.2 Å².